The molecule has 0 aromatic heterocycles. The van der Waals surface area contributed by atoms with Crippen molar-refractivity contribution >= 4 is 28.9 Å². The van der Waals surface area contributed by atoms with Crippen molar-refractivity contribution in [2.24, 2.45) is 0 Å². The number of thiocarbonyl (C=S) groups is 1. The summed E-state index contributed by atoms with van der Waals surface area (Å²) in [7, 11) is 3.74. The highest BCUT2D eigenvalue weighted by atomic mass is 32.1. The van der Waals surface area contributed by atoms with Gasteiger partial charge in [-0.2, -0.15) is 0 Å². The van der Waals surface area contributed by atoms with E-state index in [2.05, 4.69) is 10.2 Å². The largest absolute Gasteiger partial charge is 0.490 e. The van der Waals surface area contributed by atoms with Crippen molar-refractivity contribution in [2.45, 2.75) is 5.54 Å². The van der Waals surface area contributed by atoms with E-state index in [4.69, 9.17) is 17.0 Å². The molecule has 1 saturated heterocycles. The van der Waals surface area contributed by atoms with Crippen LogP contribution in [0.1, 0.15) is 11.1 Å². The first-order valence-electron chi connectivity index (χ1n) is 8.18. The van der Waals surface area contributed by atoms with E-state index in [0.29, 0.717) is 11.7 Å². The molecule has 6 heteroatoms. The monoisotopic (exact) mass is 353 g/mol. The number of rotatable bonds is 2. The third-order valence-electron chi connectivity index (χ3n) is 4.92. The summed E-state index contributed by atoms with van der Waals surface area (Å²) in [6, 6.07) is 15.6. The van der Waals surface area contributed by atoms with E-state index in [-0.39, 0.29) is 5.91 Å². The highest BCUT2D eigenvalue weighted by Gasteiger charge is 2.51. The van der Waals surface area contributed by atoms with Crippen LogP contribution in [0.2, 0.25) is 0 Å². The Bertz CT molecular complexity index is 855. The third kappa shape index (κ3) is 2.28. The van der Waals surface area contributed by atoms with Crippen molar-refractivity contribution < 1.29 is 9.53 Å². The van der Waals surface area contributed by atoms with Crippen LogP contribution in [0.15, 0.2) is 48.5 Å². The van der Waals surface area contributed by atoms with E-state index in [9.17, 15) is 4.79 Å². The van der Waals surface area contributed by atoms with Gasteiger partial charge in [-0.05, 0) is 35.5 Å². The lowest BCUT2D eigenvalue weighted by atomic mass is 9.82. The summed E-state index contributed by atoms with van der Waals surface area (Å²) < 4.78 is 5.84. The number of likely N-dealkylation sites (N-methyl/N-ethyl adjacent to an activating group) is 2. The molecular weight excluding hydrogens is 334 g/mol. The Morgan fingerprint density at radius 1 is 1.12 bits per heavy atom. The van der Waals surface area contributed by atoms with Crippen LogP contribution in [0.25, 0.3) is 0 Å². The molecule has 4 rings (SSSR count). The molecule has 2 aromatic rings. The molecule has 0 bridgehead atoms. The maximum Gasteiger partial charge on any atom is 0.263 e. The average molecular weight is 353 g/mol. The summed E-state index contributed by atoms with van der Waals surface area (Å²) in [6.07, 6.45) is 0. The van der Waals surface area contributed by atoms with Crippen molar-refractivity contribution in [1.29, 1.82) is 0 Å². The number of nitrogens with one attached hydrogen (secondary N) is 1. The molecule has 1 atom stereocenters. The second-order valence-electron chi connectivity index (χ2n) is 6.36. The Labute approximate surface area is 152 Å². The van der Waals surface area contributed by atoms with E-state index in [0.717, 1.165) is 29.1 Å². The zero-order valence-corrected chi connectivity index (χ0v) is 15.0. The van der Waals surface area contributed by atoms with Gasteiger partial charge >= 0.3 is 0 Å². The second kappa shape index (κ2) is 5.74. The molecule has 2 heterocycles. The Balaban J connectivity index is 1.91. The fraction of sp³-hybridized carbons (Fsp3) is 0.263. The van der Waals surface area contributed by atoms with Gasteiger partial charge in [0, 0.05) is 14.1 Å². The Hall–Kier alpha value is -2.60. The molecule has 2 aromatic carbocycles. The van der Waals surface area contributed by atoms with Crippen LogP contribution in [0, 0.1) is 0 Å². The summed E-state index contributed by atoms with van der Waals surface area (Å²) in [5.74, 6) is 0.699. The lowest BCUT2D eigenvalue weighted by Crippen LogP contribution is -2.45. The molecule has 1 fully saturated rings. The fourth-order valence-corrected chi connectivity index (χ4v) is 3.71. The normalized spacial score (nSPS) is 22.5. The second-order valence-corrected chi connectivity index (χ2v) is 6.75. The SMILES string of the molecule is CN1C(=O)C(c2ccccc2)(c2ccc3c(c2)OCCN3C)NC1=S. The molecule has 2 aliphatic heterocycles. The van der Waals surface area contributed by atoms with Gasteiger partial charge in [-0.3, -0.25) is 9.69 Å². The molecule has 1 amide bonds. The zero-order chi connectivity index (χ0) is 17.6. The first-order valence-corrected chi connectivity index (χ1v) is 8.59. The van der Waals surface area contributed by atoms with Crippen LogP contribution in [0.4, 0.5) is 5.69 Å². The number of hydrogen-bond acceptors (Lipinski definition) is 4. The van der Waals surface area contributed by atoms with Gasteiger partial charge in [0.15, 0.2) is 10.7 Å². The van der Waals surface area contributed by atoms with Gasteiger partial charge in [-0.15, -0.1) is 0 Å². The predicted octanol–water partition coefficient (Wildman–Crippen LogP) is 2.11. The molecule has 5 nitrogen and oxygen atoms in total. The van der Waals surface area contributed by atoms with Gasteiger partial charge in [0.05, 0.1) is 12.2 Å². The third-order valence-corrected chi connectivity index (χ3v) is 5.30. The quantitative estimate of drug-likeness (QED) is 0.838. The summed E-state index contributed by atoms with van der Waals surface area (Å²) in [4.78, 5) is 16.8. The average Bonchev–Trinajstić information content (AvgIpc) is 2.87. The summed E-state index contributed by atoms with van der Waals surface area (Å²) in [6.45, 7) is 1.48. The number of benzene rings is 2. The van der Waals surface area contributed by atoms with Gasteiger partial charge in [-0.25, -0.2) is 0 Å². The van der Waals surface area contributed by atoms with Crippen LogP contribution >= 0.6 is 12.2 Å². The molecule has 1 N–H and O–H groups in total. The molecular formula is C19H19N3O2S. The van der Waals surface area contributed by atoms with Crippen molar-refractivity contribution in [1.82, 2.24) is 10.2 Å². The number of fused-ring (bicyclic) bond motifs is 1. The summed E-state index contributed by atoms with van der Waals surface area (Å²) in [5, 5.41) is 3.68. The lowest BCUT2D eigenvalue weighted by Gasteiger charge is -2.32. The number of ether oxygens (including phenoxy) is 1. The van der Waals surface area contributed by atoms with Crippen molar-refractivity contribution in [3.8, 4) is 5.75 Å². The van der Waals surface area contributed by atoms with E-state index in [1.54, 1.807) is 7.05 Å². The zero-order valence-electron chi connectivity index (χ0n) is 14.2. The number of carbonyl (C=O) groups excluding carboxylic acids is 1. The molecule has 0 spiro atoms. The maximum absolute atomic E-state index is 13.2. The smallest absolute Gasteiger partial charge is 0.263 e. The number of hydrogen-bond donors (Lipinski definition) is 1. The Kier molecular flexibility index (Phi) is 3.65. The van der Waals surface area contributed by atoms with E-state index in [1.807, 2.05) is 55.6 Å². The minimum absolute atomic E-state index is 0.0900. The Morgan fingerprint density at radius 3 is 2.56 bits per heavy atom. The summed E-state index contributed by atoms with van der Waals surface area (Å²) >= 11 is 5.36. The molecule has 0 aliphatic carbocycles. The number of amides is 1. The first kappa shape index (κ1) is 15.9. The molecule has 128 valence electrons. The lowest BCUT2D eigenvalue weighted by molar-refractivity contribution is -0.129. The molecule has 2 aliphatic rings. The maximum atomic E-state index is 13.2. The highest BCUT2D eigenvalue weighted by Crippen LogP contribution is 2.40. The van der Waals surface area contributed by atoms with Crippen LogP contribution in [-0.2, 0) is 10.3 Å². The van der Waals surface area contributed by atoms with Crippen LogP contribution in [-0.4, -0.2) is 43.2 Å². The molecule has 0 radical (unpaired) electrons. The van der Waals surface area contributed by atoms with Gasteiger partial charge in [0.1, 0.15) is 12.4 Å². The predicted molar refractivity (Wildman–Crippen MR) is 101 cm³/mol. The molecule has 25 heavy (non-hydrogen) atoms. The first-order chi connectivity index (χ1) is 12.0. The van der Waals surface area contributed by atoms with Crippen LogP contribution in [0.3, 0.4) is 0 Å². The fourth-order valence-electron chi connectivity index (χ4n) is 3.48. The van der Waals surface area contributed by atoms with Crippen molar-refractivity contribution in [3.63, 3.8) is 0 Å². The standard InChI is InChI=1S/C19H19N3O2S/c1-21-10-11-24-16-12-14(8-9-15(16)21)19(13-6-4-3-5-7-13)17(23)22(2)18(25)20-19/h3-9,12H,10-11H2,1-2H3,(H,20,25). The molecule has 0 saturated carbocycles. The minimum Gasteiger partial charge on any atom is -0.490 e. The van der Waals surface area contributed by atoms with Crippen LogP contribution < -0.4 is 15.0 Å². The Morgan fingerprint density at radius 2 is 1.88 bits per heavy atom. The summed E-state index contributed by atoms with van der Waals surface area (Å²) in [5.41, 5.74) is 1.68. The van der Waals surface area contributed by atoms with Crippen molar-refractivity contribution in [3.05, 3.63) is 59.7 Å². The van der Waals surface area contributed by atoms with Gasteiger partial charge in [0.2, 0.25) is 0 Å². The van der Waals surface area contributed by atoms with E-state index in [1.165, 1.54) is 4.90 Å². The number of carbonyl (C=O) groups is 1. The van der Waals surface area contributed by atoms with Crippen molar-refractivity contribution in [2.75, 3.05) is 32.1 Å². The highest BCUT2D eigenvalue weighted by molar-refractivity contribution is 7.80. The minimum atomic E-state index is -1.03. The van der Waals surface area contributed by atoms with E-state index < -0.39 is 5.54 Å². The number of nitrogens with zero attached hydrogens (tertiary/aromatic N) is 2. The van der Waals surface area contributed by atoms with E-state index >= 15 is 0 Å². The van der Waals surface area contributed by atoms with Gasteiger partial charge in [-0.1, -0.05) is 36.4 Å². The topological polar surface area (TPSA) is 44.8 Å². The number of anilines is 1. The molecule has 1 unspecified atom stereocenters. The van der Waals surface area contributed by atoms with Crippen LogP contribution in [0.5, 0.6) is 5.75 Å². The van der Waals surface area contributed by atoms with Gasteiger partial charge in [0.25, 0.3) is 5.91 Å². The van der Waals surface area contributed by atoms with Gasteiger partial charge < -0.3 is 15.0 Å².